The van der Waals surface area contributed by atoms with Crippen LogP contribution < -0.4 is 5.73 Å². The molecular weight excluding hydrogens is 749 g/mol. The Hall–Kier alpha value is -3.38. The maximum atomic E-state index is 12.6. The number of hydrogen-bond donors (Lipinski definition) is 4. The Labute approximate surface area is 342 Å². The van der Waals surface area contributed by atoms with Crippen LogP contribution in [-0.2, 0) is 37.5 Å². The SMILES string of the molecule is CC/C=C\C/C=C\C/C=C\CCCCCCCC(=O)O[C@H](COC(=O)CCC[C@H](O)/C=C/C=C\C/C=C\C/C=C\CCCCC)COP(=O)(O)OC[C@H](N)C(=O)O. The summed E-state index contributed by atoms with van der Waals surface area (Å²) < 4.78 is 32.5. The number of aliphatic hydroxyl groups excluding tert-OH is 1. The number of carbonyl (C=O) groups is 3. The van der Waals surface area contributed by atoms with Gasteiger partial charge in [0.05, 0.1) is 19.3 Å². The lowest BCUT2D eigenvalue weighted by Crippen LogP contribution is -2.34. The molecule has 4 atom stereocenters. The van der Waals surface area contributed by atoms with Crippen molar-refractivity contribution in [3.05, 3.63) is 85.1 Å². The number of nitrogens with two attached hydrogens (primary N) is 1. The second kappa shape index (κ2) is 38.2. The van der Waals surface area contributed by atoms with Crippen LogP contribution in [0.25, 0.3) is 0 Å². The highest BCUT2D eigenvalue weighted by Crippen LogP contribution is 2.43. The molecule has 0 aromatic heterocycles. The van der Waals surface area contributed by atoms with Crippen molar-refractivity contribution >= 4 is 25.7 Å². The summed E-state index contributed by atoms with van der Waals surface area (Å²) in [5.74, 6) is -2.64. The molecule has 0 saturated heterocycles. The molecule has 0 aromatic carbocycles. The van der Waals surface area contributed by atoms with Gasteiger partial charge in [-0.15, -0.1) is 0 Å². The van der Waals surface area contributed by atoms with Crippen molar-refractivity contribution in [2.75, 3.05) is 19.8 Å². The van der Waals surface area contributed by atoms with Crippen LogP contribution in [0.5, 0.6) is 0 Å². The molecule has 0 spiro atoms. The van der Waals surface area contributed by atoms with Gasteiger partial charge in [0.15, 0.2) is 6.10 Å². The first-order valence-electron chi connectivity index (χ1n) is 20.7. The van der Waals surface area contributed by atoms with E-state index in [0.29, 0.717) is 19.3 Å². The van der Waals surface area contributed by atoms with Gasteiger partial charge in [-0.1, -0.05) is 131 Å². The zero-order valence-corrected chi connectivity index (χ0v) is 35.4. The minimum atomic E-state index is -4.77. The maximum Gasteiger partial charge on any atom is 0.472 e. The molecule has 0 aliphatic rings. The van der Waals surface area contributed by atoms with E-state index in [4.69, 9.17) is 24.8 Å². The number of esters is 2. The van der Waals surface area contributed by atoms with E-state index in [2.05, 4.69) is 79.1 Å². The Bertz CT molecular complexity index is 1300. The summed E-state index contributed by atoms with van der Waals surface area (Å²) in [7, 11) is -4.77. The first-order valence-corrected chi connectivity index (χ1v) is 22.2. The molecule has 1 unspecified atom stereocenters. The van der Waals surface area contributed by atoms with E-state index in [0.717, 1.165) is 70.6 Å². The summed E-state index contributed by atoms with van der Waals surface area (Å²) >= 11 is 0. The summed E-state index contributed by atoms with van der Waals surface area (Å²) in [4.78, 5) is 45.9. The van der Waals surface area contributed by atoms with E-state index in [9.17, 15) is 28.9 Å². The van der Waals surface area contributed by atoms with Gasteiger partial charge in [-0.25, -0.2) is 4.57 Å². The molecule has 324 valence electrons. The van der Waals surface area contributed by atoms with E-state index in [1.165, 1.54) is 19.3 Å². The molecule has 0 aliphatic heterocycles. The van der Waals surface area contributed by atoms with Crippen LogP contribution in [0.1, 0.15) is 136 Å². The van der Waals surface area contributed by atoms with Crippen LogP contribution in [0.4, 0.5) is 0 Å². The minimum absolute atomic E-state index is 0.0153. The number of allylic oxidation sites excluding steroid dienone is 13. The number of ether oxygens (including phenoxy) is 2. The van der Waals surface area contributed by atoms with Gasteiger partial charge in [0, 0.05) is 12.8 Å². The molecule has 0 aliphatic carbocycles. The number of carboxylic acid groups (broad SMARTS) is 1. The Morgan fingerprint density at radius 2 is 1.19 bits per heavy atom. The average Bonchev–Trinajstić information content (AvgIpc) is 3.18. The quantitative estimate of drug-likeness (QED) is 0.0153. The van der Waals surface area contributed by atoms with Crippen LogP contribution in [0, 0.1) is 0 Å². The van der Waals surface area contributed by atoms with Crippen LogP contribution in [0.3, 0.4) is 0 Å². The van der Waals surface area contributed by atoms with Gasteiger partial charge in [0.1, 0.15) is 12.6 Å². The molecule has 0 heterocycles. The highest BCUT2D eigenvalue weighted by atomic mass is 31.2. The third-order valence-electron chi connectivity index (χ3n) is 8.23. The number of hydrogen-bond acceptors (Lipinski definition) is 10. The molecule has 0 bridgehead atoms. The van der Waals surface area contributed by atoms with Crippen LogP contribution in [0.2, 0.25) is 0 Å². The van der Waals surface area contributed by atoms with Gasteiger partial charge in [0.2, 0.25) is 0 Å². The number of aliphatic hydroxyl groups is 1. The average molecular weight is 822 g/mol. The maximum absolute atomic E-state index is 12.6. The van der Waals surface area contributed by atoms with E-state index >= 15 is 0 Å². The zero-order chi connectivity index (χ0) is 42.2. The molecule has 0 rings (SSSR count). The van der Waals surface area contributed by atoms with Crippen molar-refractivity contribution in [3.63, 3.8) is 0 Å². The molecule has 0 radical (unpaired) electrons. The van der Waals surface area contributed by atoms with Gasteiger partial charge in [-0.3, -0.25) is 23.4 Å². The van der Waals surface area contributed by atoms with Crippen LogP contribution in [-0.4, -0.2) is 71.1 Å². The van der Waals surface area contributed by atoms with E-state index in [1.54, 1.807) is 12.2 Å². The molecule has 0 aromatic rings. The third-order valence-corrected chi connectivity index (χ3v) is 9.18. The normalized spacial score (nSPS) is 15.2. The Morgan fingerprint density at radius 1 is 0.649 bits per heavy atom. The standard InChI is InChI=1S/C44H72NO11P/c1-3-5-7-9-11-13-15-17-18-20-22-24-26-28-30-34-43(48)56-40(37-54-57(51,52)55-38-41(45)44(49)50)36-53-42(47)35-31-33-39(46)32-29-27-25-23-21-19-16-14-12-10-8-6-4-2/h5,7,11-14,17-19,21,25,27,29,32,39-41,46H,3-4,6,8-10,15-16,20,22-24,26,28,30-31,33-38,45H2,1-2H3,(H,49,50)(H,51,52)/b7-5-,13-11-,14-12-,18-17-,21-19-,27-25-,32-29+/t39-,40-,41+/m1/s1. The Kier molecular flexibility index (Phi) is 35.9. The fraction of sp³-hybridized carbons (Fsp3) is 0.614. The van der Waals surface area contributed by atoms with Gasteiger partial charge in [0.25, 0.3) is 0 Å². The molecule has 0 fully saturated rings. The third kappa shape index (κ3) is 37.9. The van der Waals surface area contributed by atoms with Crippen LogP contribution in [0.15, 0.2) is 85.1 Å². The topological polar surface area (TPSA) is 192 Å². The van der Waals surface area contributed by atoms with Gasteiger partial charge in [-0.2, -0.15) is 0 Å². The fourth-order valence-electron chi connectivity index (χ4n) is 4.94. The van der Waals surface area contributed by atoms with Crippen molar-refractivity contribution in [1.29, 1.82) is 0 Å². The largest absolute Gasteiger partial charge is 0.480 e. The lowest BCUT2D eigenvalue weighted by molar-refractivity contribution is -0.161. The molecule has 0 amide bonds. The van der Waals surface area contributed by atoms with Crippen LogP contribution >= 0.6 is 7.82 Å². The van der Waals surface area contributed by atoms with Gasteiger partial charge < -0.3 is 30.3 Å². The van der Waals surface area contributed by atoms with Gasteiger partial charge >= 0.3 is 25.7 Å². The van der Waals surface area contributed by atoms with Crippen molar-refractivity contribution in [1.82, 2.24) is 0 Å². The molecule has 13 heteroatoms. The van der Waals surface area contributed by atoms with E-state index in [1.807, 2.05) is 12.2 Å². The smallest absolute Gasteiger partial charge is 0.472 e. The summed E-state index contributed by atoms with van der Waals surface area (Å²) in [6, 6.07) is -1.55. The number of carbonyl (C=O) groups excluding carboxylic acids is 2. The zero-order valence-electron chi connectivity index (χ0n) is 34.5. The lowest BCUT2D eigenvalue weighted by atomic mass is 10.1. The number of rotatable bonds is 37. The minimum Gasteiger partial charge on any atom is -0.480 e. The summed E-state index contributed by atoms with van der Waals surface area (Å²) in [5, 5.41) is 19.1. The highest BCUT2D eigenvalue weighted by molar-refractivity contribution is 7.47. The lowest BCUT2D eigenvalue weighted by Gasteiger charge is -2.20. The Balaban J connectivity index is 4.63. The summed E-state index contributed by atoms with van der Waals surface area (Å²) in [6.07, 6.45) is 42.5. The summed E-state index contributed by atoms with van der Waals surface area (Å²) in [6.45, 7) is 2.42. The summed E-state index contributed by atoms with van der Waals surface area (Å²) in [5.41, 5.74) is 5.31. The monoisotopic (exact) mass is 821 g/mol. The second-order valence-electron chi connectivity index (χ2n) is 13.6. The first-order chi connectivity index (χ1) is 27.5. The number of phosphoric acid groups is 1. The molecule has 12 nitrogen and oxygen atoms in total. The van der Waals surface area contributed by atoms with Crippen molar-refractivity contribution in [2.24, 2.45) is 5.73 Å². The number of phosphoric ester groups is 1. The van der Waals surface area contributed by atoms with Crippen molar-refractivity contribution < 1.29 is 52.6 Å². The van der Waals surface area contributed by atoms with Gasteiger partial charge in [-0.05, 0) is 77.0 Å². The molecule has 0 saturated carbocycles. The van der Waals surface area contributed by atoms with Crippen molar-refractivity contribution in [2.45, 2.75) is 154 Å². The highest BCUT2D eigenvalue weighted by Gasteiger charge is 2.28. The fourth-order valence-corrected chi connectivity index (χ4v) is 5.72. The van der Waals surface area contributed by atoms with E-state index < -0.39 is 63.8 Å². The first kappa shape index (κ1) is 53.6. The van der Waals surface area contributed by atoms with Crippen molar-refractivity contribution in [3.8, 4) is 0 Å². The predicted molar refractivity (Wildman–Crippen MR) is 227 cm³/mol. The Morgan fingerprint density at radius 3 is 1.82 bits per heavy atom. The molecule has 5 N–H and O–H groups in total. The van der Waals surface area contributed by atoms with E-state index in [-0.39, 0.29) is 12.8 Å². The molecule has 57 heavy (non-hydrogen) atoms. The number of carboxylic acids is 1. The number of unbranched alkanes of at least 4 members (excludes halogenated alkanes) is 8. The second-order valence-corrected chi connectivity index (χ2v) is 15.0. The predicted octanol–water partition coefficient (Wildman–Crippen LogP) is 9.69. The number of aliphatic carboxylic acids is 1. The molecular formula is C44H72NO11P.